The first kappa shape index (κ1) is 12.5. The van der Waals surface area contributed by atoms with Crippen LogP contribution >= 0.6 is 0 Å². The molecule has 1 amide bonds. The summed E-state index contributed by atoms with van der Waals surface area (Å²) in [5.41, 5.74) is 0. The Hall–Kier alpha value is -0.570. The average molecular weight is 213 g/mol. The first-order chi connectivity index (χ1) is 6.99. The van der Waals surface area contributed by atoms with E-state index in [1.54, 1.807) is 0 Å². The third kappa shape index (κ3) is 2.94. The molecule has 0 aromatic rings. The van der Waals surface area contributed by atoms with E-state index < -0.39 is 0 Å². The van der Waals surface area contributed by atoms with E-state index in [0.29, 0.717) is 12.0 Å². The molecule has 1 aliphatic rings. The lowest BCUT2D eigenvalue weighted by Crippen LogP contribution is -2.48. The Morgan fingerprint density at radius 2 is 1.87 bits per heavy atom. The van der Waals surface area contributed by atoms with E-state index in [1.165, 1.54) is 0 Å². The highest BCUT2D eigenvalue weighted by molar-refractivity contribution is 5.79. The summed E-state index contributed by atoms with van der Waals surface area (Å²) in [5, 5.41) is 9.38. The molecule has 0 aromatic heterocycles. The van der Waals surface area contributed by atoms with Crippen LogP contribution in [-0.4, -0.2) is 34.6 Å². The summed E-state index contributed by atoms with van der Waals surface area (Å²) in [7, 11) is 0. The number of nitrogens with zero attached hydrogens (tertiary/aromatic N) is 1. The Labute approximate surface area is 92.5 Å². The van der Waals surface area contributed by atoms with Gasteiger partial charge in [0.25, 0.3) is 0 Å². The van der Waals surface area contributed by atoms with Crippen LogP contribution in [0.4, 0.5) is 0 Å². The summed E-state index contributed by atoms with van der Waals surface area (Å²) in [4.78, 5) is 14.0. The molecule has 0 aromatic carbocycles. The Morgan fingerprint density at radius 3 is 2.13 bits per heavy atom. The van der Waals surface area contributed by atoms with Crippen molar-refractivity contribution in [3.05, 3.63) is 0 Å². The highest BCUT2D eigenvalue weighted by Crippen LogP contribution is 2.31. The van der Waals surface area contributed by atoms with Crippen LogP contribution in [0.15, 0.2) is 0 Å². The quantitative estimate of drug-likeness (QED) is 0.754. The normalized spacial score (nSPS) is 18.3. The standard InChI is InChI=1S/C12H23NO2/c1-8(2)11(7-14)13(10-5-6-10)12(15)9(3)4/h8-11,14H,5-7H2,1-4H3/t11-/m1/s1. The van der Waals surface area contributed by atoms with Gasteiger partial charge in [-0.05, 0) is 18.8 Å². The number of rotatable bonds is 5. The number of aliphatic hydroxyl groups excluding tert-OH is 1. The van der Waals surface area contributed by atoms with Gasteiger partial charge in [0.1, 0.15) is 0 Å². The van der Waals surface area contributed by atoms with E-state index in [9.17, 15) is 9.90 Å². The van der Waals surface area contributed by atoms with Gasteiger partial charge in [-0.25, -0.2) is 0 Å². The van der Waals surface area contributed by atoms with Crippen LogP contribution in [0.2, 0.25) is 0 Å². The molecule has 1 atom stereocenters. The predicted octanol–water partition coefficient (Wildman–Crippen LogP) is 1.65. The Bertz CT molecular complexity index is 222. The van der Waals surface area contributed by atoms with Gasteiger partial charge in [0.05, 0.1) is 12.6 Å². The smallest absolute Gasteiger partial charge is 0.225 e. The third-order valence-corrected chi connectivity index (χ3v) is 3.00. The average Bonchev–Trinajstić information content (AvgIpc) is 2.95. The first-order valence-corrected chi connectivity index (χ1v) is 5.92. The Balaban J connectivity index is 2.75. The van der Waals surface area contributed by atoms with Gasteiger partial charge in [-0.3, -0.25) is 4.79 Å². The fourth-order valence-electron chi connectivity index (χ4n) is 1.89. The van der Waals surface area contributed by atoms with Crippen LogP contribution in [0, 0.1) is 11.8 Å². The summed E-state index contributed by atoms with van der Waals surface area (Å²) in [6.45, 7) is 8.04. The lowest BCUT2D eigenvalue weighted by molar-refractivity contribution is -0.139. The Morgan fingerprint density at radius 1 is 1.33 bits per heavy atom. The minimum absolute atomic E-state index is 0.00704. The second-order valence-corrected chi connectivity index (χ2v) is 5.13. The zero-order valence-corrected chi connectivity index (χ0v) is 10.2. The van der Waals surface area contributed by atoms with Gasteiger partial charge in [-0.2, -0.15) is 0 Å². The summed E-state index contributed by atoms with van der Waals surface area (Å²) >= 11 is 0. The molecule has 3 nitrogen and oxygen atoms in total. The van der Waals surface area contributed by atoms with Crippen molar-refractivity contribution < 1.29 is 9.90 Å². The molecule has 15 heavy (non-hydrogen) atoms. The van der Waals surface area contributed by atoms with Crippen molar-refractivity contribution in [3.63, 3.8) is 0 Å². The van der Waals surface area contributed by atoms with Crippen LogP contribution in [0.5, 0.6) is 0 Å². The zero-order chi connectivity index (χ0) is 11.6. The van der Waals surface area contributed by atoms with Gasteiger partial charge < -0.3 is 10.0 Å². The summed E-state index contributed by atoms with van der Waals surface area (Å²) in [6.07, 6.45) is 2.20. The number of hydrogen-bond acceptors (Lipinski definition) is 2. The molecular formula is C12H23NO2. The van der Waals surface area contributed by atoms with Crippen molar-refractivity contribution in [1.29, 1.82) is 0 Å². The van der Waals surface area contributed by atoms with Gasteiger partial charge in [0.15, 0.2) is 0 Å². The number of carbonyl (C=O) groups is 1. The second-order valence-electron chi connectivity index (χ2n) is 5.13. The lowest BCUT2D eigenvalue weighted by atomic mass is 10.0. The van der Waals surface area contributed by atoms with Gasteiger partial charge in [0.2, 0.25) is 5.91 Å². The molecule has 1 rings (SSSR count). The van der Waals surface area contributed by atoms with Crippen molar-refractivity contribution >= 4 is 5.91 Å². The predicted molar refractivity (Wildman–Crippen MR) is 60.4 cm³/mol. The first-order valence-electron chi connectivity index (χ1n) is 5.92. The third-order valence-electron chi connectivity index (χ3n) is 3.00. The number of hydrogen-bond donors (Lipinski definition) is 1. The van der Waals surface area contributed by atoms with Gasteiger partial charge in [-0.15, -0.1) is 0 Å². The molecule has 0 heterocycles. The van der Waals surface area contributed by atoms with E-state index in [4.69, 9.17) is 0 Å². The molecule has 3 heteroatoms. The molecule has 0 radical (unpaired) electrons. The van der Waals surface area contributed by atoms with Gasteiger partial charge in [-0.1, -0.05) is 27.7 Å². The molecule has 0 unspecified atom stereocenters. The van der Waals surface area contributed by atoms with Crippen LogP contribution in [0.3, 0.4) is 0 Å². The summed E-state index contributed by atoms with van der Waals surface area (Å²) in [5.74, 6) is 0.530. The number of aliphatic hydroxyl groups is 1. The van der Waals surface area contributed by atoms with E-state index in [-0.39, 0.29) is 24.5 Å². The molecular weight excluding hydrogens is 190 g/mol. The van der Waals surface area contributed by atoms with E-state index in [2.05, 4.69) is 13.8 Å². The van der Waals surface area contributed by atoms with Crippen LogP contribution < -0.4 is 0 Å². The van der Waals surface area contributed by atoms with Crippen molar-refractivity contribution in [2.45, 2.75) is 52.6 Å². The summed E-state index contributed by atoms with van der Waals surface area (Å²) in [6, 6.07) is 0.381. The Kier molecular flexibility index (Phi) is 4.14. The summed E-state index contributed by atoms with van der Waals surface area (Å²) < 4.78 is 0. The molecule has 0 aliphatic heterocycles. The molecule has 1 aliphatic carbocycles. The van der Waals surface area contributed by atoms with Crippen LogP contribution in [-0.2, 0) is 4.79 Å². The van der Waals surface area contributed by atoms with Crippen LogP contribution in [0.1, 0.15) is 40.5 Å². The molecule has 1 saturated carbocycles. The fraction of sp³-hybridized carbons (Fsp3) is 0.917. The highest BCUT2D eigenvalue weighted by atomic mass is 16.3. The number of carbonyl (C=O) groups excluding carboxylic acids is 1. The van der Waals surface area contributed by atoms with Crippen molar-refractivity contribution in [3.8, 4) is 0 Å². The highest BCUT2D eigenvalue weighted by Gasteiger charge is 2.38. The number of amides is 1. The molecule has 0 saturated heterocycles. The maximum absolute atomic E-state index is 12.0. The van der Waals surface area contributed by atoms with E-state index in [1.807, 2.05) is 18.7 Å². The molecule has 1 N–H and O–H groups in total. The minimum atomic E-state index is -0.00704. The van der Waals surface area contributed by atoms with E-state index in [0.717, 1.165) is 12.8 Å². The minimum Gasteiger partial charge on any atom is -0.394 e. The second kappa shape index (κ2) is 4.97. The largest absolute Gasteiger partial charge is 0.394 e. The monoisotopic (exact) mass is 213 g/mol. The van der Waals surface area contributed by atoms with Crippen LogP contribution in [0.25, 0.3) is 0 Å². The maximum Gasteiger partial charge on any atom is 0.225 e. The maximum atomic E-state index is 12.0. The van der Waals surface area contributed by atoms with Crippen molar-refractivity contribution in [2.75, 3.05) is 6.61 Å². The molecule has 1 fully saturated rings. The van der Waals surface area contributed by atoms with Gasteiger partial charge in [0, 0.05) is 12.0 Å². The SMILES string of the molecule is CC(C)C(=O)N(C1CC1)[C@H](CO)C(C)C. The van der Waals surface area contributed by atoms with Gasteiger partial charge >= 0.3 is 0 Å². The zero-order valence-electron chi connectivity index (χ0n) is 10.2. The molecule has 0 bridgehead atoms. The van der Waals surface area contributed by atoms with Crippen molar-refractivity contribution in [2.24, 2.45) is 11.8 Å². The molecule has 88 valence electrons. The van der Waals surface area contributed by atoms with E-state index >= 15 is 0 Å². The lowest BCUT2D eigenvalue weighted by Gasteiger charge is -2.34. The topological polar surface area (TPSA) is 40.5 Å². The van der Waals surface area contributed by atoms with Crippen molar-refractivity contribution in [1.82, 2.24) is 4.90 Å². The fourth-order valence-corrected chi connectivity index (χ4v) is 1.89. The molecule has 0 spiro atoms.